The number of aromatic hydroxyl groups is 1. The maximum atomic E-state index is 13.2. The van der Waals surface area contributed by atoms with E-state index in [4.69, 9.17) is 4.42 Å². The molecule has 3 rings (SSSR count). The van der Waals surface area contributed by atoms with Gasteiger partial charge in [-0.2, -0.15) is 0 Å². The van der Waals surface area contributed by atoms with Crippen LogP contribution in [0.4, 0.5) is 4.39 Å². The Kier molecular flexibility index (Phi) is 4.48. The molecule has 0 bridgehead atoms. The van der Waals surface area contributed by atoms with Crippen LogP contribution in [0, 0.1) is 5.82 Å². The lowest BCUT2D eigenvalue weighted by atomic mass is 10.1. The number of nitrogens with one attached hydrogen (secondary N) is 1. The minimum absolute atomic E-state index is 0.0553. The molecule has 2 aromatic carbocycles. The molecule has 0 fully saturated rings. The molecule has 0 saturated carbocycles. The Morgan fingerprint density at radius 1 is 1.17 bits per heavy atom. The third kappa shape index (κ3) is 3.55. The van der Waals surface area contributed by atoms with Crippen molar-refractivity contribution in [1.29, 1.82) is 0 Å². The number of carbonyl (C=O) groups excluding carboxylic acids is 1. The lowest BCUT2D eigenvalue weighted by Crippen LogP contribution is -2.38. The first-order valence-corrected chi connectivity index (χ1v) is 7.44. The first kappa shape index (κ1) is 16.0. The average Bonchev–Trinajstić information content (AvgIpc) is 2.99. The summed E-state index contributed by atoms with van der Waals surface area (Å²) in [5.74, 6) is -0.683. The van der Waals surface area contributed by atoms with E-state index in [2.05, 4.69) is 5.32 Å². The fraction of sp³-hybridized carbons (Fsp3) is 0.167. The number of benzene rings is 2. The quantitative estimate of drug-likeness (QED) is 0.672. The van der Waals surface area contributed by atoms with Gasteiger partial charge in [0.2, 0.25) is 0 Å². The van der Waals surface area contributed by atoms with Crippen molar-refractivity contribution < 1.29 is 23.8 Å². The van der Waals surface area contributed by atoms with Gasteiger partial charge in [0, 0.05) is 5.39 Å². The summed E-state index contributed by atoms with van der Waals surface area (Å²) in [5, 5.41) is 21.9. The molecule has 0 aliphatic heterocycles. The number of aliphatic hydroxyl groups is 1. The van der Waals surface area contributed by atoms with Crippen LogP contribution in [-0.2, 0) is 6.42 Å². The van der Waals surface area contributed by atoms with Crippen molar-refractivity contribution >= 4 is 16.9 Å². The molecule has 0 spiro atoms. The monoisotopic (exact) mass is 329 g/mol. The Bertz CT molecular complexity index is 857. The van der Waals surface area contributed by atoms with Gasteiger partial charge in [-0.15, -0.1) is 0 Å². The average molecular weight is 329 g/mol. The largest absolute Gasteiger partial charge is 0.508 e. The highest BCUT2D eigenvalue weighted by Gasteiger charge is 2.17. The molecule has 0 aliphatic rings. The van der Waals surface area contributed by atoms with Gasteiger partial charge < -0.3 is 19.9 Å². The van der Waals surface area contributed by atoms with E-state index in [1.165, 1.54) is 24.3 Å². The van der Waals surface area contributed by atoms with Crippen molar-refractivity contribution in [3.8, 4) is 5.75 Å². The van der Waals surface area contributed by atoms with E-state index >= 15 is 0 Å². The van der Waals surface area contributed by atoms with Crippen LogP contribution in [0.1, 0.15) is 16.1 Å². The number of amides is 1. The molecule has 1 heterocycles. The Labute approximate surface area is 137 Å². The predicted molar refractivity (Wildman–Crippen MR) is 86.3 cm³/mol. The molecule has 3 N–H and O–H groups in total. The molecule has 1 amide bonds. The number of halogens is 1. The topological polar surface area (TPSA) is 82.7 Å². The fourth-order valence-electron chi connectivity index (χ4n) is 2.46. The van der Waals surface area contributed by atoms with Crippen LogP contribution in [0.25, 0.3) is 11.0 Å². The number of aliphatic hydroxyl groups excluding tert-OH is 1. The molecule has 0 aliphatic carbocycles. The maximum Gasteiger partial charge on any atom is 0.287 e. The highest BCUT2D eigenvalue weighted by molar-refractivity contribution is 5.96. The SMILES string of the molecule is O=C(N[C@H](CO)Cc1ccc(O)cc1)c1cc2cc(F)ccc2o1. The minimum atomic E-state index is -0.507. The second-order valence-corrected chi connectivity index (χ2v) is 5.52. The van der Waals surface area contributed by atoms with Crippen LogP contribution in [0.2, 0.25) is 0 Å². The Morgan fingerprint density at radius 2 is 1.92 bits per heavy atom. The molecule has 0 saturated heterocycles. The molecule has 1 aromatic heterocycles. The van der Waals surface area contributed by atoms with Gasteiger partial charge in [0.05, 0.1) is 12.6 Å². The number of hydrogen-bond donors (Lipinski definition) is 3. The van der Waals surface area contributed by atoms with Crippen molar-refractivity contribution in [2.75, 3.05) is 6.61 Å². The highest BCUT2D eigenvalue weighted by atomic mass is 19.1. The third-order valence-electron chi connectivity index (χ3n) is 3.68. The normalized spacial score (nSPS) is 12.2. The van der Waals surface area contributed by atoms with E-state index in [0.717, 1.165) is 5.56 Å². The van der Waals surface area contributed by atoms with Gasteiger partial charge in [0.1, 0.15) is 17.1 Å². The van der Waals surface area contributed by atoms with E-state index in [-0.39, 0.29) is 18.1 Å². The Morgan fingerprint density at radius 3 is 2.62 bits per heavy atom. The number of hydrogen-bond acceptors (Lipinski definition) is 4. The van der Waals surface area contributed by atoms with Gasteiger partial charge in [-0.3, -0.25) is 4.79 Å². The van der Waals surface area contributed by atoms with E-state index < -0.39 is 17.8 Å². The molecule has 6 heteroatoms. The lowest BCUT2D eigenvalue weighted by molar-refractivity contribution is 0.0890. The second-order valence-electron chi connectivity index (χ2n) is 5.52. The number of phenols is 1. The summed E-state index contributed by atoms with van der Waals surface area (Å²) in [6.07, 6.45) is 0.400. The number of carbonyl (C=O) groups is 1. The van der Waals surface area contributed by atoms with Crippen molar-refractivity contribution in [3.05, 3.63) is 65.7 Å². The summed E-state index contributed by atoms with van der Waals surface area (Å²) < 4.78 is 18.6. The molecule has 1 atom stereocenters. The van der Waals surface area contributed by atoms with E-state index in [1.807, 2.05) is 0 Å². The summed E-state index contributed by atoms with van der Waals surface area (Å²) in [4.78, 5) is 12.3. The van der Waals surface area contributed by atoms with Gasteiger partial charge in [-0.25, -0.2) is 4.39 Å². The molecule has 24 heavy (non-hydrogen) atoms. The molecule has 0 unspecified atom stereocenters. The molecular formula is C18H16FNO4. The summed E-state index contributed by atoms with van der Waals surface area (Å²) in [5.41, 5.74) is 1.28. The zero-order valence-corrected chi connectivity index (χ0v) is 12.7. The zero-order valence-electron chi connectivity index (χ0n) is 12.7. The molecule has 5 nitrogen and oxygen atoms in total. The lowest BCUT2D eigenvalue weighted by Gasteiger charge is -2.15. The second kappa shape index (κ2) is 6.72. The van der Waals surface area contributed by atoms with Gasteiger partial charge in [0.15, 0.2) is 5.76 Å². The highest BCUT2D eigenvalue weighted by Crippen LogP contribution is 2.20. The van der Waals surface area contributed by atoms with Crippen molar-refractivity contribution in [1.82, 2.24) is 5.32 Å². The summed E-state index contributed by atoms with van der Waals surface area (Å²) in [6.45, 7) is -0.249. The van der Waals surface area contributed by atoms with E-state index in [1.54, 1.807) is 24.3 Å². The van der Waals surface area contributed by atoms with E-state index in [0.29, 0.717) is 17.4 Å². The third-order valence-corrected chi connectivity index (χ3v) is 3.68. The molecule has 3 aromatic rings. The van der Waals surface area contributed by atoms with Crippen molar-refractivity contribution in [2.24, 2.45) is 0 Å². The molecule has 0 radical (unpaired) electrons. The summed E-state index contributed by atoms with van der Waals surface area (Å²) in [7, 11) is 0. The van der Waals surface area contributed by atoms with Gasteiger partial charge in [-0.1, -0.05) is 12.1 Å². The first-order valence-electron chi connectivity index (χ1n) is 7.44. The van der Waals surface area contributed by atoms with Crippen molar-refractivity contribution in [3.63, 3.8) is 0 Å². The van der Waals surface area contributed by atoms with Crippen LogP contribution in [0.5, 0.6) is 5.75 Å². The van der Waals surface area contributed by atoms with Crippen LogP contribution >= 0.6 is 0 Å². The predicted octanol–water partition coefficient (Wildman–Crippen LogP) is 2.61. The molecular weight excluding hydrogens is 313 g/mol. The summed E-state index contributed by atoms with van der Waals surface area (Å²) >= 11 is 0. The van der Waals surface area contributed by atoms with Gasteiger partial charge in [-0.05, 0) is 48.4 Å². The molecule has 124 valence electrons. The Balaban J connectivity index is 1.72. The standard InChI is InChI=1S/C18H16FNO4/c19-13-3-6-16-12(8-13)9-17(24-16)18(23)20-14(10-21)7-11-1-4-15(22)5-2-11/h1-6,8-9,14,21-22H,7,10H2,(H,20,23)/t14-/m0/s1. The number of phenolic OH excluding ortho intramolecular Hbond substituents is 1. The smallest absolute Gasteiger partial charge is 0.287 e. The van der Waals surface area contributed by atoms with Crippen LogP contribution in [-0.4, -0.2) is 28.8 Å². The van der Waals surface area contributed by atoms with Crippen LogP contribution < -0.4 is 5.32 Å². The van der Waals surface area contributed by atoms with Gasteiger partial charge in [0.25, 0.3) is 5.91 Å². The fourth-order valence-corrected chi connectivity index (χ4v) is 2.46. The van der Waals surface area contributed by atoms with Crippen molar-refractivity contribution in [2.45, 2.75) is 12.5 Å². The minimum Gasteiger partial charge on any atom is -0.508 e. The number of furan rings is 1. The van der Waals surface area contributed by atoms with Crippen LogP contribution in [0.3, 0.4) is 0 Å². The Hall–Kier alpha value is -2.86. The first-order chi connectivity index (χ1) is 11.5. The van der Waals surface area contributed by atoms with Crippen LogP contribution in [0.15, 0.2) is 52.9 Å². The van der Waals surface area contributed by atoms with Gasteiger partial charge >= 0.3 is 0 Å². The number of rotatable bonds is 5. The van der Waals surface area contributed by atoms with E-state index in [9.17, 15) is 19.4 Å². The number of fused-ring (bicyclic) bond motifs is 1. The maximum absolute atomic E-state index is 13.2. The summed E-state index contributed by atoms with van der Waals surface area (Å²) in [6, 6.07) is 11.5. The zero-order chi connectivity index (χ0) is 17.1.